The highest BCUT2D eigenvalue weighted by Gasteiger charge is 2.37. The molecule has 0 bridgehead atoms. The lowest BCUT2D eigenvalue weighted by molar-refractivity contribution is -0.122. The Labute approximate surface area is 233 Å². The monoisotopic (exact) mass is 630 g/mol. The highest BCUT2D eigenvalue weighted by molar-refractivity contribution is 14.1. The van der Waals surface area contributed by atoms with E-state index in [2.05, 4.69) is 46.1 Å². The van der Waals surface area contributed by atoms with Crippen LogP contribution < -0.4 is 19.7 Å². The number of halogens is 2. The molecule has 0 unspecified atom stereocenters. The van der Waals surface area contributed by atoms with Crippen molar-refractivity contribution in [2.75, 3.05) is 12.0 Å². The predicted molar refractivity (Wildman–Crippen MR) is 151 cm³/mol. The van der Waals surface area contributed by atoms with Crippen LogP contribution in [-0.4, -0.2) is 25.0 Å². The zero-order chi connectivity index (χ0) is 26.9. The number of nitrogens with one attached hydrogen (secondary N) is 1. The number of urea groups is 1. The van der Waals surface area contributed by atoms with Crippen molar-refractivity contribution >= 4 is 63.8 Å². The quantitative estimate of drug-likeness (QED) is 0.202. The summed E-state index contributed by atoms with van der Waals surface area (Å²) in [6.07, 6.45) is 1.43. The largest absolute Gasteiger partial charge is 0.493 e. The van der Waals surface area contributed by atoms with Crippen molar-refractivity contribution in [3.05, 3.63) is 90.5 Å². The topological polar surface area (TPSA) is 84.9 Å². The molecule has 37 heavy (non-hydrogen) atoms. The molecule has 190 valence electrons. The molecular formula is C28H24ClIN2O5. The molecule has 1 aliphatic rings. The van der Waals surface area contributed by atoms with Crippen LogP contribution in [0.15, 0.2) is 54.1 Å². The van der Waals surface area contributed by atoms with Gasteiger partial charge in [-0.3, -0.25) is 14.9 Å². The predicted octanol–water partition coefficient (Wildman–Crippen LogP) is 6.12. The minimum absolute atomic E-state index is 0.194. The summed E-state index contributed by atoms with van der Waals surface area (Å²) in [7, 11) is 1.52. The van der Waals surface area contributed by atoms with E-state index in [0.29, 0.717) is 39.9 Å². The number of amides is 4. The number of benzene rings is 3. The summed E-state index contributed by atoms with van der Waals surface area (Å²) in [6, 6.07) is 13.7. The Kier molecular flexibility index (Phi) is 7.89. The van der Waals surface area contributed by atoms with Gasteiger partial charge in [-0.25, -0.2) is 9.69 Å². The maximum Gasteiger partial charge on any atom is 0.335 e. The maximum absolute atomic E-state index is 13.3. The van der Waals surface area contributed by atoms with Gasteiger partial charge in [0.15, 0.2) is 11.5 Å². The third-order valence-corrected chi connectivity index (χ3v) is 7.02. The summed E-state index contributed by atoms with van der Waals surface area (Å²) in [5.41, 5.74) is 4.53. The number of hydrogen-bond acceptors (Lipinski definition) is 5. The van der Waals surface area contributed by atoms with E-state index in [1.807, 2.05) is 13.8 Å². The molecule has 3 aromatic carbocycles. The van der Waals surface area contributed by atoms with E-state index in [1.165, 1.54) is 13.2 Å². The Morgan fingerprint density at radius 2 is 1.73 bits per heavy atom. The van der Waals surface area contributed by atoms with Crippen LogP contribution in [0.1, 0.15) is 27.8 Å². The number of ether oxygens (including phenoxy) is 2. The van der Waals surface area contributed by atoms with Crippen LogP contribution in [0.3, 0.4) is 0 Å². The highest BCUT2D eigenvalue weighted by Crippen LogP contribution is 2.36. The first-order valence-corrected chi connectivity index (χ1v) is 12.8. The van der Waals surface area contributed by atoms with Crippen molar-refractivity contribution < 1.29 is 23.9 Å². The average molecular weight is 631 g/mol. The van der Waals surface area contributed by atoms with Crippen LogP contribution in [0.4, 0.5) is 10.5 Å². The molecule has 1 heterocycles. The first-order valence-electron chi connectivity index (χ1n) is 11.3. The highest BCUT2D eigenvalue weighted by atomic mass is 127. The van der Waals surface area contributed by atoms with Crippen molar-refractivity contribution in [3.63, 3.8) is 0 Å². The molecule has 3 aromatic rings. The number of nitrogens with zero attached hydrogens (tertiary/aromatic N) is 1. The van der Waals surface area contributed by atoms with E-state index in [-0.39, 0.29) is 5.57 Å². The van der Waals surface area contributed by atoms with Crippen LogP contribution >= 0.6 is 34.2 Å². The fraction of sp³-hybridized carbons (Fsp3) is 0.179. The zero-order valence-electron chi connectivity index (χ0n) is 20.6. The van der Waals surface area contributed by atoms with Gasteiger partial charge in [0, 0.05) is 5.02 Å². The lowest BCUT2D eigenvalue weighted by atomic mass is 10.1. The average Bonchev–Trinajstić information content (AvgIpc) is 2.82. The van der Waals surface area contributed by atoms with E-state index in [4.69, 9.17) is 21.1 Å². The van der Waals surface area contributed by atoms with Crippen molar-refractivity contribution in [2.24, 2.45) is 0 Å². The van der Waals surface area contributed by atoms with E-state index in [9.17, 15) is 14.4 Å². The van der Waals surface area contributed by atoms with Crippen LogP contribution in [-0.2, 0) is 16.2 Å². The summed E-state index contributed by atoms with van der Waals surface area (Å²) in [4.78, 5) is 39.4. The standard InChI is InChI=1S/C28H24ClIN2O5/c1-15-8-16(2)10-19(9-15)14-37-25-22(30)12-18(13-24(25)36-4)11-20-26(33)31-28(35)32(27(20)34)23-7-5-6-21(29)17(23)3/h5-13H,14H2,1-4H3,(H,31,33,35)/b20-11+. The van der Waals surface area contributed by atoms with Crippen LogP contribution in [0, 0.1) is 24.3 Å². The number of carbonyl (C=O) groups excluding carboxylic acids is 3. The minimum Gasteiger partial charge on any atom is -0.493 e. The molecule has 9 heteroatoms. The van der Waals surface area contributed by atoms with Gasteiger partial charge < -0.3 is 9.47 Å². The van der Waals surface area contributed by atoms with Gasteiger partial charge in [-0.2, -0.15) is 0 Å². The second-order valence-electron chi connectivity index (χ2n) is 8.66. The van der Waals surface area contributed by atoms with Crippen molar-refractivity contribution in [1.29, 1.82) is 0 Å². The Balaban J connectivity index is 1.66. The molecule has 0 radical (unpaired) electrons. The molecule has 7 nitrogen and oxygen atoms in total. The van der Waals surface area contributed by atoms with Gasteiger partial charge in [0.25, 0.3) is 11.8 Å². The molecule has 0 aromatic heterocycles. The van der Waals surface area contributed by atoms with Gasteiger partial charge in [0.05, 0.1) is 16.4 Å². The Morgan fingerprint density at radius 3 is 2.41 bits per heavy atom. The van der Waals surface area contributed by atoms with Crippen molar-refractivity contribution in [2.45, 2.75) is 27.4 Å². The number of rotatable bonds is 6. The lowest BCUT2D eigenvalue weighted by Crippen LogP contribution is -2.54. The SMILES string of the molecule is COc1cc(/C=C2\C(=O)NC(=O)N(c3cccc(Cl)c3C)C2=O)cc(I)c1OCc1cc(C)cc(C)c1. The molecule has 0 atom stereocenters. The molecular weight excluding hydrogens is 607 g/mol. The number of carbonyl (C=O) groups is 3. The molecule has 0 aliphatic carbocycles. The third kappa shape index (κ3) is 5.65. The maximum atomic E-state index is 13.3. The lowest BCUT2D eigenvalue weighted by Gasteiger charge is -2.27. The van der Waals surface area contributed by atoms with Gasteiger partial charge in [-0.05, 0) is 90.4 Å². The van der Waals surface area contributed by atoms with E-state index in [1.54, 1.807) is 37.3 Å². The molecule has 0 spiro atoms. The smallest absolute Gasteiger partial charge is 0.335 e. The van der Waals surface area contributed by atoms with Crippen LogP contribution in [0.25, 0.3) is 6.08 Å². The Morgan fingerprint density at radius 1 is 1.03 bits per heavy atom. The molecule has 4 amide bonds. The van der Waals surface area contributed by atoms with E-state index < -0.39 is 17.8 Å². The summed E-state index contributed by atoms with van der Waals surface area (Å²) in [5.74, 6) is -0.529. The van der Waals surface area contributed by atoms with Gasteiger partial charge in [0.2, 0.25) is 0 Å². The summed E-state index contributed by atoms with van der Waals surface area (Å²) >= 11 is 8.31. The fourth-order valence-electron chi connectivity index (χ4n) is 4.15. The first kappa shape index (κ1) is 26.7. The molecule has 1 saturated heterocycles. The molecule has 1 N–H and O–H groups in total. The molecule has 1 fully saturated rings. The Hall–Kier alpha value is -3.37. The summed E-state index contributed by atoms with van der Waals surface area (Å²) in [6.45, 7) is 6.12. The Bertz CT molecular complexity index is 1450. The third-order valence-electron chi connectivity index (χ3n) is 5.81. The van der Waals surface area contributed by atoms with Gasteiger partial charge in [-0.15, -0.1) is 0 Å². The van der Waals surface area contributed by atoms with E-state index >= 15 is 0 Å². The minimum atomic E-state index is -0.834. The summed E-state index contributed by atoms with van der Waals surface area (Å²) < 4.78 is 12.4. The normalized spacial score (nSPS) is 14.7. The number of imide groups is 2. The molecule has 0 saturated carbocycles. The van der Waals surface area contributed by atoms with Crippen molar-refractivity contribution in [3.8, 4) is 11.5 Å². The summed E-state index contributed by atoms with van der Waals surface area (Å²) in [5, 5.41) is 2.63. The van der Waals surface area contributed by atoms with Gasteiger partial charge >= 0.3 is 6.03 Å². The first-order chi connectivity index (χ1) is 17.6. The number of methoxy groups -OCH3 is 1. The molecule has 1 aliphatic heterocycles. The van der Waals surface area contributed by atoms with Crippen LogP contribution in [0.5, 0.6) is 11.5 Å². The van der Waals surface area contributed by atoms with Gasteiger partial charge in [0.1, 0.15) is 12.2 Å². The van der Waals surface area contributed by atoms with Gasteiger partial charge in [-0.1, -0.05) is 47.0 Å². The number of hydrogen-bond donors (Lipinski definition) is 1. The second-order valence-corrected chi connectivity index (χ2v) is 10.2. The zero-order valence-corrected chi connectivity index (χ0v) is 23.6. The molecule has 4 rings (SSSR count). The van der Waals surface area contributed by atoms with E-state index in [0.717, 1.165) is 25.2 Å². The van der Waals surface area contributed by atoms with Crippen molar-refractivity contribution in [1.82, 2.24) is 5.32 Å². The fourth-order valence-corrected chi connectivity index (χ4v) is 5.10. The number of aryl methyl sites for hydroxylation is 2. The van der Waals surface area contributed by atoms with Crippen LogP contribution in [0.2, 0.25) is 5.02 Å². The number of barbiturate groups is 1. The number of anilines is 1. The second kappa shape index (κ2) is 10.9.